The van der Waals surface area contributed by atoms with Crippen LogP contribution in [0.1, 0.15) is 0 Å². The number of aliphatic hydroxyl groups is 2. The van der Waals surface area contributed by atoms with Crippen LogP contribution in [0.15, 0.2) is 0 Å². The maximum absolute atomic E-state index is 8.56. The average molecular weight is 188 g/mol. The fourth-order valence-corrected chi connectivity index (χ4v) is 0. The Morgan fingerprint density at radius 3 is 0.667 bits per heavy atom. The zero-order chi connectivity index (χ0) is 11.2. The minimum atomic E-state index is -1.83. The highest BCUT2D eigenvalue weighted by Crippen LogP contribution is 1.43. The van der Waals surface area contributed by atoms with E-state index in [2.05, 4.69) is 0 Å². The summed E-state index contributed by atoms with van der Waals surface area (Å²) in [6.07, 6.45) is -3.67. The minimum absolute atomic E-state index is 1.00. The van der Waals surface area contributed by atoms with E-state index in [1.54, 1.807) is 0 Å². The number of rotatable bonds is 0. The highest BCUT2D eigenvalue weighted by atomic mass is 16.6. The molecule has 0 heterocycles. The van der Waals surface area contributed by atoms with Crippen molar-refractivity contribution in [3.05, 3.63) is 0 Å². The summed E-state index contributed by atoms with van der Waals surface area (Å²) in [6.45, 7) is 0. The Bertz CT molecular complexity index is 69.1. The van der Waals surface area contributed by atoms with Gasteiger partial charge in [-0.2, -0.15) is 0 Å². The molecule has 0 spiro atoms. The van der Waals surface area contributed by atoms with Gasteiger partial charge >= 0.3 is 12.3 Å². The first-order chi connectivity index (χ1) is 5.46. The Kier molecular flexibility index (Phi) is 63.6. The molecule has 0 radical (unpaired) electrons. The van der Waals surface area contributed by atoms with Crippen LogP contribution in [-0.4, -0.2) is 57.2 Å². The molecule has 0 aromatic heterocycles. The lowest BCUT2D eigenvalue weighted by Crippen LogP contribution is -1.81. The molecule has 0 rings (SSSR count). The van der Waals surface area contributed by atoms with E-state index in [4.69, 9.17) is 40.2 Å². The van der Waals surface area contributed by atoms with Crippen LogP contribution in [0.4, 0.5) is 9.59 Å². The molecular formula is C4H12O8. The normalized spacial score (nSPS) is 5.00. The predicted octanol–water partition coefficient (Wildman–Crippen LogP) is -0.338. The highest BCUT2D eigenvalue weighted by molar-refractivity contribution is 5.53. The molecule has 6 N–H and O–H groups in total. The molecule has 76 valence electrons. The van der Waals surface area contributed by atoms with E-state index >= 15 is 0 Å². The van der Waals surface area contributed by atoms with Gasteiger partial charge in [-0.25, -0.2) is 9.59 Å². The summed E-state index contributed by atoms with van der Waals surface area (Å²) in [6, 6.07) is 0. The van der Waals surface area contributed by atoms with Crippen molar-refractivity contribution < 1.29 is 40.2 Å². The first-order valence-electron chi connectivity index (χ1n) is 2.20. The molecule has 0 atom stereocenters. The van der Waals surface area contributed by atoms with Gasteiger partial charge in [-0.15, -0.1) is 0 Å². The summed E-state index contributed by atoms with van der Waals surface area (Å²) in [5.74, 6) is 0. The molecule has 0 aliphatic carbocycles. The largest absolute Gasteiger partial charge is 0.503 e. The van der Waals surface area contributed by atoms with Crippen molar-refractivity contribution in [1.29, 1.82) is 0 Å². The van der Waals surface area contributed by atoms with E-state index < -0.39 is 12.3 Å². The fourth-order valence-electron chi connectivity index (χ4n) is 0. The van der Waals surface area contributed by atoms with Crippen LogP contribution < -0.4 is 0 Å². The summed E-state index contributed by atoms with van der Waals surface area (Å²) < 4.78 is 0. The van der Waals surface area contributed by atoms with Crippen molar-refractivity contribution in [2.24, 2.45) is 0 Å². The van der Waals surface area contributed by atoms with Gasteiger partial charge < -0.3 is 30.6 Å². The van der Waals surface area contributed by atoms with Crippen LogP contribution in [0, 0.1) is 0 Å². The van der Waals surface area contributed by atoms with Gasteiger partial charge in [0, 0.05) is 14.2 Å². The highest BCUT2D eigenvalue weighted by Gasteiger charge is 1.70. The monoisotopic (exact) mass is 188 g/mol. The van der Waals surface area contributed by atoms with E-state index in [1.165, 1.54) is 0 Å². The van der Waals surface area contributed by atoms with E-state index in [1.807, 2.05) is 0 Å². The summed E-state index contributed by atoms with van der Waals surface area (Å²) in [7, 11) is 2.00. The van der Waals surface area contributed by atoms with Gasteiger partial charge in [0.15, 0.2) is 0 Å². The lowest BCUT2D eigenvalue weighted by atomic mass is 11.5. The standard InChI is InChI=1S/2CH2O3.2CH4O/c2*2-1(3)4;2*1-2/h2*(H2,2,3,4);2*2H,1H3. The van der Waals surface area contributed by atoms with Crippen LogP contribution in [0.5, 0.6) is 0 Å². The number of aliphatic hydroxyl groups excluding tert-OH is 2. The Labute approximate surface area is 67.9 Å². The molecule has 8 heteroatoms. The van der Waals surface area contributed by atoms with Crippen molar-refractivity contribution >= 4 is 12.3 Å². The third-order valence-electron chi connectivity index (χ3n) is 0. The smallest absolute Gasteiger partial charge is 0.450 e. The van der Waals surface area contributed by atoms with Crippen molar-refractivity contribution in [1.82, 2.24) is 0 Å². The van der Waals surface area contributed by atoms with Gasteiger partial charge in [-0.1, -0.05) is 0 Å². The Morgan fingerprint density at radius 2 is 0.667 bits per heavy atom. The summed E-state index contributed by atoms with van der Waals surface area (Å²) in [4.78, 5) is 17.1. The molecule has 12 heavy (non-hydrogen) atoms. The topological polar surface area (TPSA) is 156 Å². The molecule has 0 fully saturated rings. The molecule has 0 bridgehead atoms. The summed E-state index contributed by atoms with van der Waals surface area (Å²) in [5.41, 5.74) is 0. The van der Waals surface area contributed by atoms with Crippen molar-refractivity contribution in [3.8, 4) is 0 Å². The minimum Gasteiger partial charge on any atom is -0.450 e. The maximum atomic E-state index is 8.56. The van der Waals surface area contributed by atoms with Crippen LogP contribution >= 0.6 is 0 Å². The van der Waals surface area contributed by atoms with Gasteiger partial charge in [0.2, 0.25) is 0 Å². The molecular weight excluding hydrogens is 176 g/mol. The van der Waals surface area contributed by atoms with Crippen LogP contribution in [-0.2, 0) is 0 Å². The number of carbonyl (C=O) groups is 2. The summed E-state index contributed by atoms with van der Waals surface area (Å²) >= 11 is 0. The van der Waals surface area contributed by atoms with Gasteiger partial charge in [0.25, 0.3) is 0 Å². The molecule has 8 nitrogen and oxygen atoms in total. The second-order valence-corrected chi connectivity index (χ2v) is 0.565. The van der Waals surface area contributed by atoms with Gasteiger partial charge in [0.1, 0.15) is 0 Å². The van der Waals surface area contributed by atoms with Crippen molar-refractivity contribution in [2.45, 2.75) is 0 Å². The Morgan fingerprint density at radius 1 is 0.667 bits per heavy atom. The van der Waals surface area contributed by atoms with Gasteiger partial charge in [0.05, 0.1) is 0 Å². The quantitative estimate of drug-likeness (QED) is 0.301. The number of hydrogen-bond acceptors (Lipinski definition) is 4. The van der Waals surface area contributed by atoms with Crippen LogP contribution in [0.2, 0.25) is 0 Å². The molecule has 0 saturated carbocycles. The zero-order valence-corrected chi connectivity index (χ0v) is 6.50. The number of carboxylic acid groups (broad SMARTS) is 4. The molecule has 0 saturated heterocycles. The van der Waals surface area contributed by atoms with E-state index in [9.17, 15) is 0 Å². The maximum Gasteiger partial charge on any atom is 0.503 e. The second kappa shape index (κ2) is 34.0. The lowest BCUT2D eigenvalue weighted by molar-refractivity contribution is 0.135. The third-order valence-corrected chi connectivity index (χ3v) is 0. The van der Waals surface area contributed by atoms with Crippen molar-refractivity contribution in [3.63, 3.8) is 0 Å². The van der Waals surface area contributed by atoms with Crippen LogP contribution in [0.3, 0.4) is 0 Å². The Balaban J connectivity index is -0.0000000380. The average Bonchev–Trinajstić information content (AvgIpc) is 1.93. The third kappa shape index (κ3) is 199. The predicted molar refractivity (Wildman–Crippen MR) is 37.6 cm³/mol. The fraction of sp³-hybridized carbons (Fsp3) is 0.500. The first-order valence-corrected chi connectivity index (χ1v) is 2.20. The van der Waals surface area contributed by atoms with E-state index in [0.29, 0.717) is 0 Å². The van der Waals surface area contributed by atoms with E-state index in [-0.39, 0.29) is 0 Å². The first kappa shape index (κ1) is 22.4. The lowest BCUT2D eigenvalue weighted by Gasteiger charge is -1.60. The Hall–Kier alpha value is -1.54. The van der Waals surface area contributed by atoms with Gasteiger partial charge in [-0.3, -0.25) is 0 Å². The second-order valence-electron chi connectivity index (χ2n) is 0.565. The van der Waals surface area contributed by atoms with Crippen LogP contribution in [0.25, 0.3) is 0 Å². The molecule has 0 unspecified atom stereocenters. The molecule has 0 amide bonds. The molecule has 0 aliphatic rings. The zero-order valence-electron chi connectivity index (χ0n) is 6.50. The van der Waals surface area contributed by atoms with Gasteiger partial charge in [-0.05, 0) is 0 Å². The molecule has 0 aromatic carbocycles. The molecule has 0 aliphatic heterocycles. The van der Waals surface area contributed by atoms with E-state index in [0.717, 1.165) is 14.2 Å². The van der Waals surface area contributed by atoms with Crippen molar-refractivity contribution in [2.75, 3.05) is 14.2 Å². The SMILES string of the molecule is CO.CO.O=C(O)O.O=C(O)O. The summed E-state index contributed by atoms with van der Waals surface area (Å²) in [5, 5.41) is 41.9. The number of hydrogen-bond donors (Lipinski definition) is 6. The molecule has 0 aromatic rings.